The maximum absolute atomic E-state index is 12.7. The van der Waals surface area contributed by atoms with E-state index < -0.39 is 17.7 Å². The van der Waals surface area contributed by atoms with Crippen molar-refractivity contribution < 1.29 is 28.5 Å². The summed E-state index contributed by atoms with van der Waals surface area (Å²) in [6.07, 6.45) is 0. The Kier molecular flexibility index (Phi) is 8.47. The van der Waals surface area contributed by atoms with Gasteiger partial charge in [0, 0.05) is 18.2 Å². The molecule has 0 heterocycles. The van der Waals surface area contributed by atoms with Crippen LogP contribution in [0.5, 0.6) is 23.0 Å². The molecule has 9 nitrogen and oxygen atoms in total. The molecule has 0 aliphatic heterocycles. The minimum atomic E-state index is -1.45. The average molecular weight is 470 g/mol. The molecule has 0 saturated heterocycles. The van der Waals surface area contributed by atoms with E-state index in [4.69, 9.17) is 42.1 Å². The molecule has 1 N–H and O–H groups in total. The quantitative estimate of drug-likeness (QED) is 0.420. The van der Waals surface area contributed by atoms with Crippen LogP contribution in [0.2, 0.25) is 10.0 Å². The SMILES string of the molecule is COc1cc(N=NC(C(C)=O)C(=O)Nc2cc(Cl)c(OC)cc2OC)c(Cl)c(OC)c1. The van der Waals surface area contributed by atoms with Crippen molar-refractivity contribution in [1.29, 1.82) is 0 Å². The van der Waals surface area contributed by atoms with Crippen molar-refractivity contribution in [3.05, 3.63) is 34.3 Å². The van der Waals surface area contributed by atoms with Gasteiger partial charge in [0.25, 0.3) is 5.91 Å². The number of halogens is 2. The first kappa shape index (κ1) is 24.2. The van der Waals surface area contributed by atoms with E-state index in [1.165, 1.54) is 53.6 Å². The Morgan fingerprint density at radius 2 is 1.55 bits per heavy atom. The molecule has 0 spiro atoms. The van der Waals surface area contributed by atoms with Gasteiger partial charge in [-0.25, -0.2) is 0 Å². The van der Waals surface area contributed by atoms with Crippen LogP contribution in [-0.4, -0.2) is 46.2 Å². The van der Waals surface area contributed by atoms with E-state index in [9.17, 15) is 9.59 Å². The van der Waals surface area contributed by atoms with E-state index in [1.807, 2.05) is 0 Å². The number of carbonyl (C=O) groups excluding carboxylic acids is 2. The summed E-state index contributed by atoms with van der Waals surface area (Å²) >= 11 is 12.4. The van der Waals surface area contributed by atoms with Crippen LogP contribution < -0.4 is 24.3 Å². The molecule has 0 aliphatic rings. The van der Waals surface area contributed by atoms with Crippen LogP contribution in [0, 0.1) is 0 Å². The summed E-state index contributed by atoms with van der Waals surface area (Å²) in [4.78, 5) is 24.8. The second kappa shape index (κ2) is 10.8. The second-order valence-electron chi connectivity index (χ2n) is 6.07. The zero-order chi connectivity index (χ0) is 23.1. The van der Waals surface area contributed by atoms with Gasteiger partial charge in [-0.15, -0.1) is 0 Å². The fraction of sp³-hybridized carbons (Fsp3) is 0.300. The maximum Gasteiger partial charge on any atom is 0.258 e. The molecule has 0 aliphatic carbocycles. The number of hydrogen-bond donors (Lipinski definition) is 1. The van der Waals surface area contributed by atoms with E-state index in [0.29, 0.717) is 17.2 Å². The Morgan fingerprint density at radius 1 is 0.903 bits per heavy atom. The van der Waals surface area contributed by atoms with Gasteiger partial charge in [-0.2, -0.15) is 10.2 Å². The molecule has 1 atom stereocenters. The lowest BCUT2D eigenvalue weighted by Crippen LogP contribution is -2.32. The number of benzene rings is 2. The Hall–Kier alpha value is -3.04. The number of nitrogens with one attached hydrogen (secondary N) is 1. The van der Waals surface area contributed by atoms with Crippen LogP contribution in [0.1, 0.15) is 6.92 Å². The molecular weight excluding hydrogens is 449 g/mol. The first-order valence-corrected chi connectivity index (χ1v) is 9.56. The van der Waals surface area contributed by atoms with Gasteiger partial charge in [0.2, 0.25) is 6.04 Å². The van der Waals surface area contributed by atoms with Gasteiger partial charge in [0.1, 0.15) is 33.7 Å². The van der Waals surface area contributed by atoms with Crippen molar-refractivity contribution in [3.63, 3.8) is 0 Å². The van der Waals surface area contributed by atoms with Gasteiger partial charge in [0.05, 0.1) is 39.1 Å². The Labute approximate surface area is 189 Å². The van der Waals surface area contributed by atoms with Crippen LogP contribution in [0.4, 0.5) is 11.4 Å². The smallest absolute Gasteiger partial charge is 0.258 e. The maximum atomic E-state index is 12.7. The van der Waals surface area contributed by atoms with E-state index in [1.54, 1.807) is 6.07 Å². The van der Waals surface area contributed by atoms with Gasteiger partial charge in [-0.05, 0) is 13.0 Å². The van der Waals surface area contributed by atoms with Crippen LogP contribution in [0.3, 0.4) is 0 Å². The van der Waals surface area contributed by atoms with Crippen molar-refractivity contribution >= 4 is 46.3 Å². The fourth-order valence-electron chi connectivity index (χ4n) is 2.49. The number of ketones is 1. The van der Waals surface area contributed by atoms with E-state index in [2.05, 4.69) is 15.5 Å². The Balaban J connectivity index is 2.35. The number of amides is 1. The van der Waals surface area contributed by atoms with Crippen molar-refractivity contribution in [3.8, 4) is 23.0 Å². The molecular formula is C20H21Cl2N3O6. The topological polar surface area (TPSA) is 108 Å². The monoisotopic (exact) mass is 469 g/mol. The predicted octanol–water partition coefficient (Wildman–Crippen LogP) is 4.71. The second-order valence-corrected chi connectivity index (χ2v) is 6.85. The summed E-state index contributed by atoms with van der Waals surface area (Å²) < 4.78 is 20.7. The first-order valence-electron chi connectivity index (χ1n) is 8.80. The number of Topliss-reactive ketones (excluding diaryl/α,β-unsaturated/α-hetero) is 1. The molecule has 31 heavy (non-hydrogen) atoms. The molecule has 0 radical (unpaired) electrons. The van der Waals surface area contributed by atoms with Crippen LogP contribution in [0.25, 0.3) is 0 Å². The molecule has 0 bridgehead atoms. The van der Waals surface area contributed by atoms with Gasteiger partial charge in [0.15, 0.2) is 5.78 Å². The third-order valence-electron chi connectivity index (χ3n) is 4.10. The molecule has 1 amide bonds. The predicted molar refractivity (Wildman–Crippen MR) is 117 cm³/mol. The molecule has 0 aromatic heterocycles. The highest BCUT2D eigenvalue weighted by molar-refractivity contribution is 6.34. The number of methoxy groups -OCH3 is 4. The zero-order valence-electron chi connectivity index (χ0n) is 17.5. The average Bonchev–Trinajstić information content (AvgIpc) is 2.74. The van der Waals surface area contributed by atoms with Gasteiger partial charge in [-0.1, -0.05) is 23.2 Å². The summed E-state index contributed by atoms with van der Waals surface area (Å²) in [5.74, 6) is 0.0935. The van der Waals surface area contributed by atoms with Gasteiger partial charge in [-0.3, -0.25) is 9.59 Å². The highest BCUT2D eigenvalue weighted by Gasteiger charge is 2.25. The standard InChI is InChI=1S/C20H21Cl2N3O6/c1-10(26)19(25-24-14-6-11(28-2)7-17(31-5)18(14)22)20(27)23-13-8-12(21)15(29-3)9-16(13)30-4/h6-9,19H,1-5H3,(H,23,27). The van der Waals surface area contributed by atoms with Crippen LogP contribution in [0.15, 0.2) is 34.5 Å². The summed E-state index contributed by atoms with van der Waals surface area (Å²) in [6.45, 7) is 1.22. The van der Waals surface area contributed by atoms with Crippen LogP contribution in [-0.2, 0) is 9.59 Å². The Bertz CT molecular complexity index is 1010. The number of azo groups is 1. The summed E-state index contributed by atoms with van der Waals surface area (Å²) in [5, 5.41) is 10.8. The summed E-state index contributed by atoms with van der Waals surface area (Å²) in [7, 11) is 5.76. The molecule has 2 aromatic rings. The molecule has 1 unspecified atom stereocenters. The van der Waals surface area contributed by atoms with Crippen molar-refractivity contribution in [2.24, 2.45) is 10.2 Å². The zero-order valence-corrected chi connectivity index (χ0v) is 19.0. The number of ether oxygens (including phenoxy) is 4. The highest BCUT2D eigenvalue weighted by Crippen LogP contribution is 2.39. The minimum Gasteiger partial charge on any atom is -0.497 e. The lowest BCUT2D eigenvalue weighted by Gasteiger charge is -2.14. The fourth-order valence-corrected chi connectivity index (χ4v) is 2.96. The molecule has 166 valence electrons. The lowest BCUT2D eigenvalue weighted by atomic mass is 10.2. The third-order valence-corrected chi connectivity index (χ3v) is 4.77. The van der Waals surface area contributed by atoms with Gasteiger partial charge < -0.3 is 24.3 Å². The van der Waals surface area contributed by atoms with Crippen molar-refractivity contribution in [2.45, 2.75) is 13.0 Å². The minimum absolute atomic E-state index is 0.151. The largest absolute Gasteiger partial charge is 0.497 e. The number of nitrogens with zero attached hydrogens (tertiary/aromatic N) is 2. The van der Waals surface area contributed by atoms with Gasteiger partial charge >= 0.3 is 0 Å². The van der Waals surface area contributed by atoms with E-state index in [0.717, 1.165) is 0 Å². The molecule has 0 fully saturated rings. The number of rotatable bonds is 9. The molecule has 0 saturated carbocycles. The number of hydrogen-bond acceptors (Lipinski definition) is 8. The van der Waals surface area contributed by atoms with Crippen molar-refractivity contribution in [2.75, 3.05) is 33.8 Å². The lowest BCUT2D eigenvalue weighted by molar-refractivity contribution is -0.126. The number of anilines is 1. The summed E-state index contributed by atoms with van der Waals surface area (Å²) in [6, 6.07) is 4.56. The van der Waals surface area contributed by atoms with Crippen molar-refractivity contribution in [1.82, 2.24) is 0 Å². The normalized spacial score (nSPS) is 11.7. The molecule has 2 rings (SSSR count). The third kappa shape index (κ3) is 5.77. The van der Waals surface area contributed by atoms with E-state index >= 15 is 0 Å². The first-order chi connectivity index (χ1) is 14.7. The van der Waals surface area contributed by atoms with Crippen LogP contribution >= 0.6 is 23.2 Å². The highest BCUT2D eigenvalue weighted by atomic mass is 35.5. The molecule has 2 aromatic carbocycles. The number of carbonyl (C=O) groups is 2. The summed E-state index contributed by atoms with van der Waals surface area (Å²) in [5.41, 5.74) is 0.405. The van der Waals surface area contributed by atoms with E-state index in [-0.39, 0.29) is 27.2 Å². The Morgan fingerprint density at radius 3 is 2.10 bits per heavy atom. The molecule has 11 heteroatoms.